The number of aromatic nitrogens is 2. The maximum Gasteiger partial charge on any atom is 0.321 e. The Kier molecular flexibility index (Phi) is 17.1. The summed E-state index contributed by atoms with van der Waals surface area (Å²) in [6.45, 7) is 3.03. The Morgan fingerprint density at radius 2 is 1.09 bits per heavy atom. The molecule has 0 spiro atoms. The second-order valence-corrected chi connectivity index (χ2v) is 19.5. The highest BCUT2D eigenvalue weighted by molar-refractivity contribution is 6.22. The number of Topliss-reactive ketones (excluding diaryl/α,β-unsaturated/α-hetero) is 2. The molecule has 0 saturated heterocycles. The third kappa shape index (κ3) is 12.3. The molecule has 20 nitrogen and oxygen atoms in total. The van der Waals surface area contributed by atoms with Gasteiger partial charge in [0.1, 0.15) is 0 Å². The zero-order valence-electron chi connectivity index (χ0n) is 43.9. The number of benzene rings is 4. The number of fused-ring (bicyclic) bond motifs is 2. The molecule has 0 bridgehead atoms. The Bertz CT molecular complexity index is 3280. The number of hydrogen-bond acceptors (Lipinski definition) is 14. The van der Waals surface area contributed by atoms with E-state index in [0.717, 1.165) is 11.4 Å². The summed E-state index contributed by atoms with van der Waals surface area (Å²) >= 11 is 0. The molecule has 78 heavy (non-hydrogen) atoms. The molecule has 6 aromatic rings. The zero-order chi connectivity index (χ0) is 55.6. The van der Waals surface area contributed by atoms with Crippen molar-refractivity contribution in [3.63, 3.8) is 0 Å². The third-order valence-corrected chi connectivity index (χ3v) is 13.7. The van der Waals surface area contributed by atoms with Crippen LogP contribution in [0.4, 0.5) is 43.7 Å². The molecule has 0 saturated carbocycles. The van der Waals surface area contributed by atoms with Crippen LogP contribution in [0.5, 0.6) is 0 Å². The van der Waals surface area contributed by atoms with E-state index in [9.17, 15) is 34.2 Å². The van der Waals surface area contributed by atoms with Crippen molar-refractivity contribution in [1.82, 2.24) is 20.6 Å². The topological polar surface area (TPSA) is 272 Å². The van der Waals surface area contributed by atoms with Crippen LogP contribution in [0.3, 0.4) is 0 Å². The van der Waals surface area contributed by atoms with Gasteiger partial charge in [0.2, 0.25) is 12.3 Å². The largest absolute Gasteiger partial charge is 0.395 e. The molecule has 20 heteroatoms. The van der Waals surface area contributed by atoms with E-state index in [4.69, 9.17) is 15.0 Å². The Balaban J connectivity index is 1.11. The number of rotatable bonds is 20. The molecule has 4 aromatic carbocycles. The van der Waals surface area contributed by atoms with Gasteiger partial charge in [-0.3, -0.25) is 29.1 Å². The van der Waals surface area contributed by atoms with Gasteiger partial charge < -0.3 is 51.9 Å². The summed E-state index contributed by atoms with van der Waals surface area (Å²) in [5.74, 6) is -2.31. The predicted octanol–water partition coefficient (Wildman–Crippen LogP) is 6.40. The fourth-order valence-electron chi connectivity index (χ4n) is 9.22. The van der Waals surface area contributed by atoms with E-state index in [1.807, 2.05) is 19.1 Å². The molecule has 0 radical (unpaired) electrons. The smallest absolute Gasteiger partial charge is 0.321 e. The number of aliphatic imine (C=N–C) groups is 2. The number of nitrogens with zero attached hydrogens (tertiary/aromatic N) is 6. The van der Waals surface area contributed by atoms with E-state index >= 15 is 4.79 Å². The van der Waals surface area contributed by atoms with Crippen LogP contribution >= 0.6 is 0 Å². The third-order valence-electron chi connectivity index (χ3n) is 13.7. The van der Waals surface area contributed by atoms with Crippen LogP contribution in [0.15, 0.2) is 150 Å². The summed E-state index contributed by atoms with van der Waals surface area (Å²) in [6, 6.07) is 34.9. The molecule has 0 fully saturated rings. The van der Waals surface area contributed by atoms with Gasteiger partial charge >= 0.3 is 12.1 Å². The van der Waals surface area contributed by atoms with Crippen LogP contribution in [0, 0.1) is 10.8 Å². The molecule has 4 heterocycles. The highest BCUT2D eigenvalue weighted by Gasteiger charge is 2.42. The number of carbonyl (C=O) groups is 6. The van der Waals surface area contributed by atoms with Crippen LogP contribution in [-0.2, 0) is 25.6 Å². The average molecular weight is 1060 g/mol. The number of ketones is 2. The molecule has 8 N–H and O–H groups in total. The number of carbonyl (C=O) groups excluding carboxylic acids is 6. The van der Waals surface area contributed by atoms with E-state index < -0.39 is 84.9 Å². The number of urea groups is 2. The molecule has 2 aliphatic rings. The number of pyridine rings is 2. The first kappa shape index (κ1) is 55.1. The van der Waals surface area contributed by atoms with Crippen molar-refractivity contribution in [2.75, 3.05) is 71.5 Å². The summed E-state index contributed by atoms with van der Waals surface area (Å²) in [5.41, 5.74) is 3.05. The van der Waals surface area contributed by atoms with Gasteiger partial charge in [0.15, 0.2) is 11.6 Å². The summed E-state index contributed by atoms with van der Waals surface area (Å²) < 4.78 is 0. The van der Waals surface area contributed by atoms with Crippen LogP contribution in [-0.4, -0.2) is 120 Å². The second kappa shape index (κ2) is 24.2. The minimum Gasteiger partial charge on any atom is -0.395 e. The van der Waals surface area contributed by atoms with E-state index in [-0.39, 0.29) is 24.2 Å². The fourth-order valence-corrected chi connectivity index (χ4v) is 9.22. The van der Waals surface area contributed by atoms with Gasteiger partial charge in [-0.25, -0.2) is 19.6 Å². The first-order valence-corrected chi connectivity index (χ1v) is 25.4. The lowest BCUT2D eigenvalue weighted by atomic mass is 9.75. The number of aliphatic hydroxyl groups excluding tert-OH is 2. The standard InChI is InChI=1S/C58H62N12O8/c1-6-26-58(35-72,48(74)33-70-46-23-10-7-19-41(46)49(43-21-11-12-27-61-43)65-52(54(70)76)68-56(78)64-40-18-14-16-38(29-40)60-5)30-36-24-25-44(62-31-36)50-42-20-8-9-22-45(42)69(32-47(73)57(2,3)34-71)53(75)51(66-50)67-55(77)63-39-17-13-15-37(28-39)59-4/h7-25,27-29,31,51-52,59-60,71-72H,6,26,30,32-35H2,1-5H3,(H2,63,67,77)(H2,64,68,78). The van der Waals surface area contributed by atoms with Crippen molar-refractivity contribution in [3.05, 3.63) is 168 Å². The first-order valence-electron chi connectivity index (χ1n) is 25.4. The average Bonchev–Trinajstić information content (AvgIpc) is 3.74. The number of nitrogens with one attached hydrogen (secondary N) is 6. The zero-order valence-corrected chi connectivity index (χ0v) is 43.9. The van der Waals surface area contributed by atoms with E-state index in [2.05, 4.69) is 36.9 Å². The molecule has 3 atom stereocenters. The molecule has 3 unspecified atom stereocenters. The number of anilines is 6. The summed E-state index contributed by atoms with van der Waals surface area (Å²) in [4.78, 5) is 107. The van der Waals surface area contributed by atoms with E-state index in [1.54, 1.807) is 156 Å². The Morgan fingerprint density at radius 1 is 0.590 bits per heavy atom. The van der Waals surface area contributed by atoms with Gasteiger partial charge in [-0.15, -0.1) is 0 Å². The summed E-state index contributed by atoms with van der Waals surface area (Å²) in [5, 5.41) is 38.4. The van der Waals surface area contributed by atoms with Gasteiger partial charge in [0.05, 0.1) is 65.9 Å². The van der Waals surface area contributed by atoms with Crippen molar-refractivity contribution in [3.8, 4) is 0 Å². The van der Waals surface area contributed by atoms with Gasteiger partial charge in [-0.2, -0.15) is 0 Å². The summed E-state index contributed by atoms with van der Waals surface area (Å²) in [7, 11) is 3.48. The van der Waals surface area contributed by atoms with Gasteiger partial charge in [0, 0.05) is 65.8 Å². The number of aliphatic hydroxyl groups is 2. The maximum absolute atomic E-state index is 15.1. The lowest BCUT2D eigenvalue weighted by Crippen LogP contribution is -2.52. The summed E-state index contributed by atoms with van der Waals surface area (Å²) in [6.07, 6.45) is 0.743. The highest BCUT2D eigenvalue weighted by Crippen LogP contribution is 2.35. The van der Waals surface area contributed by atoms with Gasteiger partial charge in [0.25, 0.3) is 11.8 Å². The van der Waals surface area contributed by atoms with E-state index in [0.29, 0.717) is 57.3 Å². The van der Waals surface area contributed by atoms with E-state index in [1.165, 1.54) is 9.80 Å². The molecular weight excluding hydrogens is 993 g/mol. The van der Waals surface area contributed by atoms with Gasteiger partial charge in [-0.1, -0.05) is 87.9 Å². The van der Waals surface area contributed by atoms with Crippen molar-refractivity contribution in [2.24, 2.45) is 20.8 Å². The van der Waals surface area contributed by atoms with Crippen LogP contribution in [0.2, 0.25) is 0 Å². The second-order valence-electron chi connectivity index (χ2n) is 19.5. The van der Waals surface area contributed by atoms with Crippen LogP contribution in [0.1, 0.15) is 61.7 Å². The molecule has 6 amide bonds. The molecule has 0 aliphatic carbocycles. The maximum atomic E-state index is 15.1. The Hall–Kier alpha value is -9.14. The van der Waals surface area contributed by atoms with Crippen molar-refractivity contribution >= 4 is 81.0 Å². The lowest BCUT2D eigenvalue weighted by Gasteiger charge is -2.33. The fraction of sp³-hybridized carbons (Fsp3) is 0.276. The molecule has 2 aromatic heterocycles. The highest BCUT2D eigenvalue weighted by atomic mass is 16.3. The first-order chi connectivity index (χ1) is 37.6. The Morgan fingerprint density at radius 3 is 1.55 bits per heavy atom. The van der Waals surface area contributed by atoms with Crippen molar-refractivity contribution in [2.45, 2.75) is 52.4 Å². The minimum atomic E-state index is -1.56. The predicted molar refractivity (Wildman–Crippen MR) is 300 cm³/mol. The molecule has 402 valence electrons. The van der Waals surface area contributed by atoms with Crippen LogP contribution in [0.25, 0.3) is 0 Å². The quantitative estimate of drug-likeness (QED) is 0.0413. The van der Waals surface area contributed by atoms with Crippen molar-refractivity contribution < 1.29 is 39.0 Å². The monoisotopic (exact) mass is 1050 g/mol. The molecule has 2 aliphatic heterocycles. The normalized spacial score (nSPS) is 15.9. The number of benzodiazepines with no additional fused rings is 2. The lowest BCUT2D eigenvalue weighted by molar-refractivity contribution is -0.132. The number of hydrogen-bond donors (Lipinski definition) is 8. The molecular formula is C58H62N12O8. The van der Waals surface area contributed by atoms with Crippen molar-refractivity contribution in [1.29, 1.82) is 0 Å². The van der Waals surface area contributed by atoms with Crippen LogP contribution < -0.4 is 41.7 Å². The number of amides is 6. The Labute approximate surface area is 451 Å². The number of para-hydroxylation sites is 2. The SMILES string of the molecule is CCCC(CO)(Cc1ccc(C2=NC(NC(=O)Nc3cccc(NC)c3)C(=O)N(CC(=O)C(C)(C)CO)c3ccccc32)nc1)C(=O)CN1C(=O)C(NC(=O)Nc2cccc(NC)c2)N=C(c2ccccn2)c2ccccc21. The van der Waals surface area contributed by atoms with Gasteiger partial charge in [-0.05, 0) is 85.1 Å². The molecule has 8 rings (SSSR count). The minimum absolute atomic E-state index is 0.00420.